The first kappa shape index (κ1) is 52.8. The molecule has 1 aromatic rings. The summed E-state index contributed by atoms with van der Waals surface area (Å²) >= 11 is 0. The van der Waals surface area contributed by atoms with Gasteiger partial charge in [0.2, 0.25) is 0 Å². The summed E-state index contributed by atoms with van der Waals surface area (Å²) in [5.74, 6) is 0.115. The zero-order valence-corrected chi connectivity index (χ0v) is 38.3. The largest absolute Gasteiger partial charge is 0.508 e. The second-order valence-electron chi connectivity index (χ2n) is 17.2. The fourth-order valence-corrected chi connectivity index (χ4v) is 8.34. The lowest BCUT2D eigenvalue weighted by Gasteiger charge is -2.23. The van der Waals surface area contributed by atoms with E-state index in [0.717, 1.165) is 56.9 Å². The van der Waals surface area contributed by atoms with E-state index < -0.39 is 0 Å². The summed E-state index contributed by atoms with van der Waals surface area (Å²) in [5, 5.41) is 11.3. The number of unbranched alkanes of at least 4 members (excludes halogenated alkanes) is 26. The number of aromatic hydroxyl groups is 1. The Bertz CT molecular complexity index is 1090. The monoisotopic (exact) mass is 801 g/mol. The molecule has 0 fully saturated rings. The van der Waals surface area contributed by atoms with E-state index in [0.29, 0.717) is 24.5 Å². The number of esters is 2. The molecule has 0 aromatic heterocycles. The Kier molecular flexibility index (Phi) is 35.2. The van der Waals surface area contributed by atoms with Gasteiger partial charge in [0.05, 0.1) is 33.2 Å². The molecule has 332 valence electrons. The third kappa shape index (κ3) is 28.0. The third-order valence-electron chi connectivity index (χ3n) is 11.9. The van der Waals surface area contributed by atoms with Gasteiger partial charge in [-0.2, -0.15) is 0 Å². The highest BCUT2D eigenvalue weighted by molar-refractivity contribution is 5.72. The van der Waals surface area contributed by atoms with Crippen LogP contribution in [0.1, 0.15) is 269 Å². The van der Waals surface area contributed by atoms with Crippen LogP contribution in [0.2, 0.25) is 0 Å². The molecule has 6 heteroatoms. The van der Waals surface area contributed by atoms with Crippen molar-refractivity contribution < 1.29 is 28.9 Å². The van der Waals surface area contributed by atoms with E-state index >= 15 is 0 Å². The fraction of sp³-hybridized carbons (Fsp3) is 0.843. The molecule has 2 atom stereocenters. The van der Waals surface area contributed by atoms with Gasteiger partial charge < -0.3 is 19.3 Å². The van der Waals surface area contributed by atoms with Crippen molar-refractivity contribution in [2.45, 2.75) is 258 Å². The normalized spacial score (nSPS) is 12.4. The molecule has 0 bridgehead atoms. The van der Waals surface area contributed by atoms with Gasteiger partial charge in [-0.25, -0.2) is 0 Å². The lowest BCUT2D eigenvalue weighted by molar-refractivity contribution is -0.145. The van der Waals surface area contributed by atoms with Crippen LogP contribution in [-0.4, -0.2) is 37.4 Å². The smallest absolute Gasteiger partial charge is 0.306 e. The topological polar surface area (TPSA) is 82.1 Å². The zero-order chi connectivity index (χ0) is 41.6. The Morgan fingerprint density at radius 3 is 1.09 bits per heavy atom. The number of ether oxygens (including phenoxy) is 3. The van der Waals surface area contributed by atoms with Gasteiger partial charge in [-0.3, -0.25) is 9.59 Å². The number of hydrogen-bond acceptors (Lipinski definition) is 6. The van der Waals surface area contributed by atoms with Crippen molar-refractivity contribution in [3.8, 4) is 11.5 Å². The summed E-state index contributed by atoms with van der Waals surface area (Å²) in [4.78, 5) is 25.9. The molecule has 1 rings (SSSR count). The molecular formula is C51H92O6. The summed E-state index contributed by atoms with van der Waals surface area (Å²) < 4.78 is 17.2. The SMILES string of the molecule is CCCCCCCCCCCCCCCCOC(=O)CC(CCC)c1cc(OC)c(C(CCC)CC(=O)OCCCCCCCCCCCCCCCC)cc1O. The van der Waals surface area contributed by atoms with Crippen molar-refractivity contribution >= 4 is 11.9 Å². The number of carbonyl (C=O) groups is 2. The van der Waals surface area contributed by atoms with Gasteiger partial charge in [-0.05, 0) is 49.7 Å². The van der Waals surface area contributed by atoms with E-state index in [1.54, 1.807) is 13.2 Å². The van der Waals surface area contributed by atoms with Crippen LogP contribution in [0.5, 0.6) is 11.5 Å². The van der Waals surface area contributed by atoms with Crippen molar-refractivity contribution in [1.82, 2.24) is 0 Å². The zero-order valence-electron chi connectivity index (χ0n) is 38.3. The predicted octanol–water partition coefficient (Wildman–Crippen LogP) is 16.0. The van der Waals surface area contributed by atoms with Crippen molar-refractivity contribution in [3.05, 3.63) is 23.3 Å². The Labute approximate surface area is 352 Å². The van der Waals surface area contributed by atoms with Gasteiger partial charge in [0.15, 0.2) is 0 Å². The van der Waals surface area contributed by atoms with Crippen LogP contribution in [0.25, 0.3) is 0 Å². The van der Waals surface area contributed by atoms with Crippen LogP contribution in [0.15, 0.2) is 12.1 Å². The third-order valence-corrected chi connectivity index (χ3v) is 11.9. The van der Waals surface area contributed by atoms with Gasteiger partial charge in [0.25, 0.3) is 0 Å². The Balaban J connectivity index is 2.44. The summed E-state index contributed by atoms with van der Waals surface area (Å²) in [5.41, 5.74) is 1.53. The first-order valence-electron chi connectivity index (χ1n) is 24.6. The summed E-state index contributed by atoms with van der Waals surface area (Å²) in [6.45, 7) is 9.67. The maximum atomic E-state index is 13.0. The number of benzene rings is 1. The lowest BCUT2D eigenvalue weighted by atomic mass is 9.85. The van der Waals surface area contributed by atoms with Crippen molar-refractivity contribution in [3.63, 3.8) is 0 Å². The van der Waals surface area contributed by atoms with E-state index in [2.05, 4.69) is 27.7 Å². The molecule has 0 spiro atoms. The Morgan fingerprint density at radius 1 is 0.456 bits per heavy atom. The van der Waals surface area contributed by atoms with Crippen LogP contribution in [0, 0.1) is 0 Å². The molecule has 0 aliphatic rings. The predicted molar refractivity (Wildman–Crippen MR) is 242 cm³/mol. The average Bonchev–Trinajstić information content (AvgIpc) is 3.20. The summed E-state index contributed by atoms with van der Waals surface area (Å²) in [7, 11) is 1.64. The minimum Gasteiger partial charge on any atom is -0.508 e. The van der Waals surface area contributed by atoms with E-state index in [1.165, 1.54) is 154 Å². The van der Waals surface area contributed by atoms with E-state index in [9.17, 15) is 14.7 Å². The van der Waals surface area contributed by atoms with Crippen molar-refractivity contribution in [1.29, 1.82) is 0 Å². The second-order valence-corrected chi connectivity index (χ2v) is 17.2. The molecular weight excluding hydrogens is 709 g/mol. The van der Waals surface area contributed by atoms with E-state index in [1.807, 2.05) is 6.07 Å². The van der Waals surface area contributed by atoms with E-state index in [-0.39, 0.29) is 42.4 Å². The van der Waals surface area contributed by atoms with Gasteiger partial charge in [0, 0.05) is 11.1 Å². The van der Waals surface area contributed by atoms with Crippen molar-refractivity contribution in [2.75, 3.05) is 20.3 Å². The molecule has 1 N–H and O–H groups in total. The number of hydrogen-bond donors (Lipinski definition) is 1. The summed E-state index contributed by atoms with van der Waals surface area (Å²) in [6, 6.07) is 3.65. The molecule has 0 aliphatic carbocycles. The molecule has 0 saturated carbocycles. The van der Waals surface area contributed by atoms with Gasteiger partial charge in [-0.1, -0.05) is 207 Å². The number of rotatable bonds is 41. The average molecular weight is 801 g/mol. The Hall–Kier alpha value is -2.24. The molecule has 0 radical (unpaired) electrons. The van der Waals surface area contributed by atoms with Gasteiger partial charge >= 0.3 is 11.9 Å². The van der Waals surface area contributed by atoms with Crippen molar-refractivity contribution in [2.24, 2.45) is 0 Å². The standard InChI is InChI=1S/C51H92O6/c1-6-10-12-14-16-18-20-22-24-26-28-30-32-34-38-56-50(53)40-44(36-8-3)46-43-49(55-5)47(42-48(46)52)45(37-9-4)41-51(54)57-39-35-33-31-29-27-25-23-21-19-17-15-13-11-7-2/h42-45,52H,6-41H2,1-5H3. The summed E-state index contributed by atoms with van der Waals surface area (Å²) in [6.07, 6.45) is 40.1. The van der Waals surface area contributed by atoms with Crippen LogP contribution in [0.4, 0.5) is 0 Å². The number of phenols is 1. The molecule has 0 heterocycles. The van der Waals surface area contributed by atoms with Gasteiger partial charge in [-0.15, -0.1) is 0 Å². The van der Waals surface area contributed by atoms with Crippen LogP contribution < -0.4 is 4.74 Å². The highest BCUT2D eigenvalue weighted by atomic mass is 16.5. The maximum Gasteiger partial charge on any atom is 0.306 e. The first-order valence-corrected chi connectivity index (χ1v) is 24.6. The molecule has 0 saturated heterocycles. The van der Waals surface area contributed by atoms with Crippen LogP contribution in [0.3, 0.4) is 0 Å². The molecule has 0 amide bonds. The molecule has 2 unspecified atom stereocenters. The Morgan fingerprint density at radius 2 is 0.772 bits per heavy atom. The quantitative estimate of drug-likeness (QED) is 0.0525. The number of phenolic OH excluding ortho intramolecular Hbond substituents is 1. The second kappa shape index (κ2) is 38.0. The highest BCUT2D eigenvalue weighted by Gasteiger charge is 2.26. The van der Waals surface area contributed by atoms with Crippen LogP contribution >= 0.6 is 0 Å². The molecule has 57 heavy (non-hydrogen) atoms. The minimum absolute atomic E-state index is 0.117. The molecule has 1 aromatic carbocycles. The number of carbonyl (C=O) groups excluding carboxylic acids is 2. The molecule has 0 aliphatic heterocycles. The fourth-order valence-electron chi connectivity index (χ4n) is 8.34. The molecule has 6 nitrogen and oxygen atoms in total. The van der Waals surface area contributed by atoms with Crippen LogP contribution in [-0.2, 0) is 19.1 Å². The van der Waals surface area contributed by atoms with E-state index in [4.69, 9.17) is 14.2 Å². The maximum absolute atomic E-state index is 13.0. The number of methoxy groups -OCH3 is 1. The minimum atomic E-state index is -0.212. The first-order chi connectivity index (χ1) is 27.9. The highest BCUT2D eigenvalue weighted by Crippen LogP contribution is 2.41. The lowest BCUT2D eigenvalue weighted by Crippen LogP contribution is -2.14. The van der Waals surface area contributed by atoms with Gasteiger partial charge in [0.1, 0.15) is 11.5 Å².